The number of imidazole rings is 1. The summed E-state index contributed by atoms with van der Waals surface area (Å²) in [6, 6.07) is 10.5. The zero-order valence-electron chi connectivity index (χ0n) is 15.7. The van der Waals surface area contributed by atoms with Crippen molar-refractivity contribution in [3.63, 3.8) is 0 Å². The fourth-order valence-corrected chi connectivity index (χ4v) is 4.23. The third-order valence-electron chi connectivity index (χ3n) is 4.34. The first-order valence-electron chi connectivity index (χ1n) is 8.71. The van der Waals surface area contributed by atoms with Gasteiger partial charge >= 0.3 is 0 Å². The second kappa shape index (κ2) is 9.64. The number of guanidine groups is 1. The van der Waals surface area contributed by atoms with Gasteiger partial charge in [0.2, 0.25) is 0 Å². The van der Waals surface area contributed by atoms with Crippen molar-refractivity contribution in [1.82, 2.24) is 19.8 Å². The molecular formula is C19H28IN5S. The molecule has 1 aliphatic rings. The molecule has 1 fully saturated rings. The summed E-state index contributed by atoms with van der Waals surface area (Å²) in [5, 5.41) is 3.49. The van der Waals surface area contributed by atoms with Crippen molar-refractivity contribution in [1.29, 1.82) is 0 Å². The average molecular weight is 485 g/mol. The number of hydrogen-bond acceptors (Lipinski definition) is 3. The molecule has 1 aromatic heterocycles. The summed E-state index contributed by atoms with van der Waals surface area (Å²) in [5.41, 5.74) is 1.28. The fourth-order valence-electron chi connectivity index (χ4n) is 3.12. The molecule has 0 unspecified atom stereocenters. The monoisotopic (exact) mass is 485 g/mol. The minimum absolute atomic E-state index is 0. The zero-order chi connectivity index (χ0) is 17.7. The first-order valence-corrected chi connectivity index (χ1v) is 9.69. The van der Waals surface area contributed by atoms with Gasteiger partial charge in [-0.1, -0.05) is 30.3 Å². The summed E-state index contributed by atoms with van der Waals surface area (Å²) in [6.45, 7) is 8.15. The summed E-state index contributed by atoms with van der Waals surface area (Å²) in [5.74, 6) is 3.12. The van der Waals surface area contributed by atoms with E-state index in [0.29, 0.717) is 6.54 Å². The van der Waals surface area contributed by atoms with Crippen LogP contribution in [-0.4, -0.2) is 51.0 Å². The van der Waals surface area contributed by atoms with Gasteiger partial charge in [0.05, 0.1) is 6.54 Å². The number of aliphatic imine (C=N–C) groups is 1. The van der Waals surface area contributed by atoms with E-state index in [1.54, 1.807) is 0 Å². The standard InChI is InChI=1S/C19H27N5S.HI/c1-19(2)15-24(11-12-25-19)18(20-3)22-13-17-21-9-10-23(17)14-16-7-5-4-6-8-16;/h4-10H,11-15H2,1-3H3,(H,20,22);1H. The van der Waals surface area contributed by atoms with Crippen molar-refractivity contribution >= 4 is 41.7 Å². The van der Waals surface area contributed by atoms with Crippen LogP contribution >= 0.6 is 35.7 Å². The van der Waals surface area contributed by atoms with Crippen LogP contribution in [0.5, 0.6) is 0 Å². The van der Waals surface area contributed by atoms with Gasteiger partial charge < -0.3 is 14.8 Å². The lowest BCUT2D eigenvalue weighted by Gasteiger charge is -2.39. The number of nitrogens with one attached hydrogen (secondary N) is 1. The van der Waals surface area contributed by atoms with E-state index < -0.39 is 0 Å². The minimum Gasteiger partial charge on any atom is -0.349 e. The highest BCUT2D eigenvalue weighted by Crippen LogP contribution is 2.29. The van der Waals surface area contributed by atoms with Crippen LogP contribution < -0.4 is 5.32 Å². The number of aromatic nitrogens is 2. The molecule has 3 rings (SSSR count). The van der Waals surface area contributed by atoms with Crippen molar-refractivity contribution in [2.75, 3.05) is 25.9 Å². The Morgan fingerprint density at radius 2 is 2.08 bits per heavy atom. The predicted molar refractivity (Wildman–Crippen MR) is 121 cm³/mol. The van der Waals surface area contributed by atoms with E-state index in [1.165, 1.54) is 5.56 Å². The van der Waals surface area contributed by atoms with Gasteiger partial charge in [0, 0.05) is 49.6 Å². The molecule has 7 heteroatoms. The molecular weight excluding hydrogens is 457 g/mol. The molecule has 142 valence electrons. The molecule has 2 aromatic rings. The number of benzene rings is 1. The van der Waals surface area contributed by atoms with Gasteiger partial charge in [-0.3, -0.25) is 4.99 Å². The molecule has 0 radical (unpaired) electrons. The topological polar surface area (TPSA) is 45.5 Å². The molecule has 26 heavy (non-hydrogen) atoms. The lowest BCUT2D eigenvalue weighted by atomic mass is 10.2. The lowest BCUT2D eigenvalue weighted by molar-refractivity contribution is 0.375. The molecule has 0 bridgehead atoms. The molecule has 1 aliphatic heterocycles. The van der Waals surface area contributed by atoms with E-state index in [4.69, 9.17) is 0 Å². The lowest BCUT2D eigenvalue weighted by Crippen LogP contribution is -2.50. The molecule has 0 spiro atoms. The van der Waals surface area contributed by atoms with Crippen molar-refractivity contribution in [3.8, 4) is 0 Å². The Bertz CT molecular complexity index is 714. The van der Waals surface area contributed by atoms with Crippen LogP contribution in [0.25, 0.3) is 0 Å². The molecule has 2 heterocycles. The number of hydrogen-bond donors (Lipinski definition) is 1. The van der Waals surface area contributed by atoms with Gasteiger partial charge in [-0.05, 0) is 19.4 Å². The Labute approximate surface area is 177 Å². The van der Waals surface area contributed by atoms with Crippen molar-refractivity contribution in [2.24, 2.45) is 4.99 Å². The highest BCUT2D eigenvalue weighted by molar-refractivity contribution is 14.0. The third-order valence-corrected chi connectivity index (χ3v) is 5.64. The molecule has 1 aromatic carbocycles. The Morgan fingerprint density at radius 1 is 1.31 bits per heavy atom. The van der Waals surface area contributed by atoms with E-state index in [-0.39, 0.29) is 28.7 Å². The van der Waals surface area contributed by atoms with Gasteiger partial charge in [-0.25, -0.2) is 4.98 Å². The molecule has 1 saturated heterocycles. The Kier molecular flexibility index (Phi) is 7.82. The highest BCUT2D eigenvalue weighted by Gasteiger charge is 2.28. The highest BCUT2D eigenvalue weighted by atomic mass is 127. The maximum Gasteiger partial charge on any atom is 0.194 e. The number of halogens is 1. The maximum absolute atomic E-state index is 4.52. The molecule has 0 amide bonds. The van der Waals surface area contributed by atoms with E-state index in [0.717, 1.165) is 37.2 Å². The second-order valence-corrected chi connectivity index (χ2v) is 8.69. The quantitative estimate of drug-likeness (QED) is 0.410. The van der Waals surface area contributed by atoms with Crippen LogP contribution in [0, 0.1) is 0 Å². The predicted octanol–water partition coefficient (Wildman–Crippen LogP) is 3.45. The molecule has 0 saturated carbocycles. The third kappa shape index (κ3) is 5.64. The normalized spacial score (nSPS) is 16.9. The van der Waals surface area contributed by atoms with Gasteiger partial charge in [0.15, 0.2) is 5.96 Å². The van der Waals surface area contributed by atoms with Crippen molar-refractivity contribution < 1.29 is 0 Å². The minimum atomic E-state index is 0. The van der Waals surface area contributed by atoms with Gasteiger partial charge in [-0.2, -0.15) is 11.8 Å². The average Bonchev–Trinajstić information content (AvgIpc) is 3.03. The number of thioether (sulfide) groups is 1. The smallest absolute Gasteiger partial charge is 0.194 e. The molecule has 1 N–H and O–H groups in total. The zero-order valence-corrected chi connectivity index (χ0v) is 18.8. The van der Waals surface area contributed by atoms with Crippen LogP contribution in [0.3, 0.4) is 0 Å². The maximum atomic E-state index is 4.52. The van der Waals surface area contributed by atoms with Crippen LogP contribution in [0.1, 0.15) is 25.2 Å². The summed E-state index contributed by atoms with van der Waals surface area (Å²) >= 11 is 2.03. The first-order chi connectivity index (χ1) is 12.1. The van der Waals surface area contributed by atoms with Crippen LogP contribution in [0.4, 0.5) is 0 Å². The Morgan fingerprint density at radius 3 is 2.77 bits per heavy atom. The number of nitrogens with zero attached hydrogens (tertiary/aromatic N) is 4. The SMILES string of the molecule is CN=C(NCc1nccn1Cc1ccccc1)N1CCSC(C)(C)C1.I. The van der Waals surface area contributed by atoms with Gasteiger partial charge in [-0.15, -0.1) is 24.0 Å². The van der Waals surface area contributed by atoms with Gasteiger partial charge in [0.1, 0.15) is 5.82 Å². The Hall–Kier alpha value is -1.22. The fraction of sp³-hybridized carbons (Fsp3) is 0.474. The van der Waals surface area contributed by atoms with E-state index in [9.17, 15) is 0 Å². The summed E-state index contributed by atoms with van der Waals surface area (Å²) in [7, 11) is 1.85. The van der Waals surface area contributed by atoms with E-state index >= 15 is 0 Å². The molecule has 0 aliphatic carbocycles. The summed E-state index contributed by atoms with van der Waals surface area (Å²) < 4.78 is 2.45. The molecule has 5 nitrogen and oxygen atoms in total. The van der Waals surface area contributed by atoms with Crippen LogP contribution in [0.2, 0.25) is 0 Å². The van der Waals surface area contributed by atoms with Crippen LogP contribution in [-0.2, 0) is 13.1 Å². The first kappa shape index (κ1) is 21.1. The molecule has 0 atom stereocenters. The van der Waals surface area contributed by atoms with Crippen molar-refractivity contribution in [2.45, 2.75) is 31.7 Å². The summed E-state index contributed by atoms with van der Waals surface area (Å²) in [4.78, 5) is 11.3. The summed E-state index contributed by atoms with van der Waals surface area (Å²) in [6.07, 6.45) is 3.90. The number of rotatable bonds is 4. The van der Waals surface area contributed by atoms with Crippen molar-refractivity contribution in [3.05, 3.63) is 54.1 Å². The van der Waals surface area contributed by atoms with E-state index in [2.05, 4.69) is 62.9 Å². The Balaban J connectivity index is 0.00000243. The van der Waals surface area contributed by atoms with Crippen LogP contribution in [0.15, 0.2) is 47.7 Å². The largest absolute Gasteiger partial charge is 0.349 e. The van der Waals surface area contributed by atoms with Gasteiger partial charge in [0.25, 0.3) is 0 Å². The second-order valence-electron chi connectivity index (χ2n) is 6.89. The van der Waals surface area contributed by atoms with E-state index in [1.807, 2.05) is 37.3 Å².